The predicted octanol–water partition coefficient (Wildman–Crippen LogP) is 5.26. The molecule has 1 rings (SSSR count). The molecular formula is C21H35NO3. The van der Waals surface area contributed by atoms with E-state index < -0.39 is 5.60 Å². The first-order valence-corrected chi connectivity index (χ1v) is 9.43. The Morgan fingerprint density at radius 2 is 1.76 bits per heavy atom. The van der Waals surface area contributed by atoms with Crippen molar-refractivity contribution in [1.29, 1.82) is 0 Å². The van der Waals surface area contributed by atoms with Crippen LogP contribution in [0.3, 0.4) is 0 Å². The van der Waals surface area contributed by atoms with Gasteiger partial charge in [0, 0.05) is 12.3 Å². The van der Waals surface area contributed by atoms with Crippen LogP contribution < -0.4 is 10.1 Å². The third-order valence-corrected chi connectivity index (χ3v) is 4.11. The predicted molar refractivity (Wildman–Crippen MR) is 104 cm³/mol. The summed E-state index contributed by atoms with van der Waals surface area (Å²) in [5.74, 6) is 1.30. The van der Waals surface area contributed by atoms with E-state index in [-0.39, 0.29) is 5.91 Å². The van der Waals surface area contributed by atoms with Crippen molar-refractivity contribution >= 4 is 11.6 Å². The smallest absolute Gasteiger partial charge is 0.256 e. The van der Waals surface area contributed by atoms with Gasteiger partial charge in [0.1, 0.15) is 11.4 Å². The van der Waals surface area contributed by atoms with E-state index in [9.17, 15) is 4.79 Å². The molecule has 0 spiro atoms. The van der Waals surface area contributed by atoms with E-state index in [2.05, 4.69) is 26.1 Å². The summed E-state index contributed by atoms with van der Waals surface area (Å²) in [5, 5.41) is 3.03. The summed E-state index contributed by atoms with van der Waals surface area (Å²) in [5.41, 5.74) is 2.06. The average Bonchev–Trinajstić information content (AvgIpc) is 2.52. The molecule has 0 saturated heterocycles. The third-order valence-electron chi connectivity index (χ3n) is 4.11. The molecule has 4 nitrogen and oxygen atoms in total. The molecule has 0 aliphatic heterocycles. The summed E-state index contributed by atoms with van der Waals surface area (Å²) < 4.78 is 11.8. The monoisotopic (exact) mass is 349 g/mol. The Bertz CT molecular complexity index is 545. The quantitative estimate of drug-likeness (QED) is 0.626. The van der Waals surface area contributed by atoms with Gasteiger partial charge in [-0.15, -0.1) is 0 Å². The van der Waals surface area contributed by atoms with Crippen LogP contribution in [0.1, 0.15) is 65.0 Å². The summed E-state index contributed by atoms with van der Waals surface area (Å²) in [6.45, 7) is 15.5. The second-order valence-corrected chi connectivity index (χ2v) is 7.43. The van der Waals surface area contributed by atoms with Gasteiger partial charge < -0.3 is 14.8 Å². The van der Waals surface area contributed by atoms with Crippen LogP contribution in [0.25, 0.3) is 0 Å². The maximum absolute atomic E-state index is 12.8. The van der Waals surface area contributed by atoms with Gasteiger partial charge in [0.2, 0.25) is 0 Å². The Morgan fingerprint density at radius 3 is 2.24 bits per heavy atom. The van der Waals surface area contributed by atoms with Gasteiger partial charge in [-0.25, -0.2) is 0 Å². The summed E-state index contributed by atoms with van der Waals surface area (Å²) in [7, 11) is 0. The molecule has 0 bridgehead atoms. The topological polar surface area (TPSA) is 47.6 Å². The molecular weight excluding hydrogens is 314 g/mol. The normalized spacial score (nSPS) is 13.6. The summed E-state index contributed by atoms with van der Waals surface area (Å²) in [4.78, 5) is 12.8. The van der Waals surface area contributed by atoms with E-state index in [1.54, 1.807) is 0 Å². The lowest BCUT2D eigenvalue weighted by molar-refractivity contribution is -0.140. The van der Waals surface area contributed by atoms with Gasteiger partial charge in [0.15, 0.2) is 0 Å². The number of rotatable bonds is 10. The third kappa shape index (κ3) is 6.35. The lowest BCUT2D eigenvalue weighted by Gasteiger charge is -2.28. The molecule has 0 fully saturated rings. The van der Waals surface area contributed by atoms with Crippen molar-refractivity contribution in [3.63, 3.8) is 0 Å². The average molecular weight is 350 g/mol. The van der Waals surface area contributed by atoms with Gasteiger partial charge in [-0.2, -0.15) is 0 Å². The molecule has 1 N–H and O–H groups in total. The Kier molecular flexibility index (Phi) is 8.43. The molecule has 0 aliphatic carbocycles. The lowest BCUT2D eigenvalue weighted by Crippen LogP contribution is -2.43. The number of aryl methyl sites for hydroxylation is 2. The van der Waals surface area contributed by atoms with Crippen LogP contribution in [0.2, 0.25) is 0 Å². The summed E-state index contributed by atoms with van der Waals surface area (Å²) in [6.07, 6.45) is 2.49. The minimum atomic E-state index is -0.792. The Hall–Kier alpha value is -1.55. The second kappa shape index (κ2) is 9.81. The first kappa shape index (κ1) is 21.5. The number of benzene rings is 1. The van der Waals surface area contributed by atoms with Crippen molar-refractivity contribution in [2.75, 3.05) is 18.5 Å². The standard InChI is InChI=1S/C21H35NO3/c1-8-10-21(7,25-11-9-2)20(23)22-18-12-16(5)19(17(6)13-18)24-14-15(3)4/h12-13,15H,8-11,14H2,1-7H3,(H,22,23). The highest BCUT2D eigenvalue weighted by Gasteiger charge is 2.33. The molecule has 4 heteroatoms. The number of amides is 1. The molecule has 1 unspecified atom stereocenters. The molecule has 0 radical (unpaired) electrons. The fourth-order valence-corrected chi connectivity index (χ4v) is 2.82. The van der Waals surface area contributed by atoms with Crippen LogP contribution in [0.15, 0.2) is 12.1 Å². The highest BCUT2D eigenvalue weighted by Crippen LogP contribution is 2.29. The molecule has 1 atom stereocenters. The lowest BCUT2D eigenvalue weighted by atomic mass is 9.98. The van der Waals surface area contributed by atoms with E-state index in [0.29, 0.717) is 25.6 Å². The maximum atomic E-state index is 12.8. The zero-order valence-electron chi connectivity index (χ0n) is 17.0. The van der Waals surface area contributed by atoms with Crippen molar-refractivity contribution in [2.45, 2.75) is 73.3 Å². The van der Waals surface area contributed by atoms with Gasteiger partial charge in [-0.1, -0.05) is 34.1 Å². The minimum absolute atomic E-state index is 0.0857. The van der Waals surface area contributed by atoms with Crippen molar-refractivity contribution in [1.82, 2.24) is 0 Å². The van der Waals surface area contributed by atoms with E-state index in [1.807, 2.05) is 39.8 Å². The van der Waals surface area contributed by atoms with Crippen LogP contribution in [0.4, 0.5) is 5.69 Å². The van der Waals surface area contributed by atoms with Crippen molar-refractivity contribution in [3.05, 3.63) is 23.3 Å². The van der Waals surface area contributed by atoms with Crippen LogP contribution in [-0.2, 0) is 9.53 Å². The van der Waals surface area contributed by atoms with Crippen molar-refractivity contribution in [3.8, 4) is 5.75 Å². The number of hydrogen-bond acceptors (Lipinski definition) is 3. The molecule has 1 amide bonds. The van der Waals surface area contributed by atoms with Gasteiger partial charge in [0.05, 0.1) is 6.61 Å². The molecule has 0 aliphatic rings. The first-order valence-electron chi connectivity index (χ1n) is 9.43. The first-order chi connectivity index (χ1) is 11.7. The van der Waals surface area contributed by atoms with Crippen LogP contribution in [0.5, 0.6) is 5.75 Å². The molecule has 0 saturated carbocycles. The van der Waals surface area contributed by atoms with Gasteiger partial charge in [-0.05, 0) is 62.8 Å². The highest BCUT2D eigenvalue weighted by molar-refractivity contribution is 5.97. The molecule has 142 valence electrons. The molecule has 0 aromatic heterocycles. The van der Waals surface area contributed by atoms with Crippen molar-refractivity contribution in [2.24, 2.45) is 5.92 Å². The number of nitrogens with one attached hydrogen (secondary N) is 1. The number of carbonyl (C=O) groups excluding carboxylic acids is 1. The number of ether oxygens (including phenoxy) is 2. The maximum Gasteiger partial charge on any atom is 0.256 e. The number of carbonyl (C=O) groups is 1. The second-order valence-electron chi connectivity index (χ2n) is 7.43. The highest BCUT2D eigenvalue weighted by atomic mass is 16.5. The van der Waals surface area contributed by atoms with Gasteiger partial charge >= 0.3 is 0 Å². The SMILES string of the molecule is CCCOC(C)(CCC)C(=O)Nc1cc(C)c(OCC(C)C)c(C)c1. The Labute approximate surface area is 153 Å². The van der Waals surface area contributed by atoms with Crippen molar-refractivity contribution < 1.29 is 14.3 Å². The largest absolute Gasteiger partial charge is 0.493 e. The number of hydrogen-bond donors (Lipinski definition) is 1. The van der Waals surface area contributed by atoms with E-state index >= 15 is 0 Å². The van der Waals surface area contributed by atoms with E-state index in [4.69, 9.17) is 9.47 Å². The van der Waals surface area contributed by atoms with Crippen LogP contribution in [-0.4, -0.2) is 24.7 Å². The van der Waals surface area contributed by atoms with E-state index in [1.165, 1.54) is 0 Å². The van der Waals surface area contributed by atoms with Crippen LogP contribution >= 0.6 is 0 Å². The van der Waals surface area contributed by atoms with E-state index in [0.717, 1.165) is 35.4 Å². The molecule has 0 heterocycles. The number of anilines is 1. The summed E-state index contributed by atoms with van der Waals surface area (Å²) >= 11 is 0. The summed E-state index contributed by atoms with van der Waals surface area (Å²) in [6, 6.07) is 3.93. The zero-order chi connectivity index (χ0) is 19.0. The molecule has 1 aromatic rings. The molecule has 25 heavy (non-hydrogen) atoms. The van der Waals surface area contributed by atoms with Gasteiger partial charge in [-0.3, -0.25) is 4.79 Å². The molecule has 1 aromatic carbocycles. The fourth-order valence-electron chi connectivity index (χ4n) is 2.82. The zero-order valence-corrected chi connectivity index (χ0v) is 17.0. The minimum Gasteiger partial charge on any atom is -0.493 e. The Balaban J connectivity index is 2.92. The van der Waals surface area contributed by atoms with Gasteiger partial charge in [0.25, 0.3) is 5.91 Å². The Morgan fingerprint density at radius 1 is 1.16 bits per heavy atom. The fraction of sp³-hybridized carbons (Fsp3) is 0.667. The van der Waals surface area contributed by atoms with Crippen LogP contribution in [0, 0.1) is 19.8 Å².